The van der Waals surface area contributed by atoms with Gasteiger partial charge >= 0.3 is 0 Å². The van der Waals surface area contributed by atoms with Crippen LogP contribution >= 0.6 is 0 Å². The summed E-state index contributed by atoms with van der Waals surface area (Å²) in [6.45, 7) is 0. The average Bonchev–Trinajstić information content (AvgIpc) is 3.79. The lowest BCUT2D eigenvalue weighted by Gasteiger charge is -2.18. The fourth-order valence-corrected chi connectivity index (χ4v) is 8.94. The highest BCUT2D eigenvalue weighted by Gasteiger charge is 2.19. The minimum atomic E-state index is 0.879. The molecule has 12 rings (SSSR count). The highest BCUT2D eigenvalue weighted by Crippen LogP contribution is 2.46. The summed E-state index contributed by atoms with van der Waals surface area (Å²) in [7, 11) is 0. The molecule has 0 radical (unpaired) electrons. The predicted molar refractivity (Wildman–Crippen MR) is 227 cm³/mol. The average molecular weight is 687 g/mol. The first-order chi connectivity index (χ1) is 26.7. The fraction of sp³-hybridized carbons (Fsp3) is 0. The lowest BCUT2D eigenvalue weighted by atomic mass is 9.85. The van der Waals surface area contributed by atoms with E-state index < -0.39 is 0 Å². The van der Waals surface area contributed by atoms with Crippen molar-refractivity contribution in [2.75, 3.05) is 0 Å². The smallest absolute Gasteiger partial charge is 0.136 e. The molecule has 0 fully saturated rings. The largest absolute Gasteiger partial charge is 0.456 e. The molecule has 0 aliphatic rings. The summed E-state index contributed by atoms with van der Waals surface area (Å²) < 4.78 is 12.8. The van der Waals surface area contributed by atoms with E-state index in [1.807, 2.05) is 12.1 Å². The molecule has 2 nitrogen and oxygen atoms in total. The topological polar surface area (TPSA) is 26.3 Å². The normalized spacial score (nSPS) is 12.1. The molecule has 0 bridgehead atoms. The number of hydrogen-bond donors (Lipinski definition) is 0. The maximum absolute atomic E-state index is 6.58. The first-order valence-corrected chi connectivity index (χ1v) is 18.5. The van der Waals surface area contributed by atoms with Crippen LogP contribution in [0.3, 0.4) is 0 Å². The van der Waals surface area contributed by atoms with Crippen molar-refractivity contribution in [3.05, 3.63) is 182 Å². The Hall–Kier alpha value is -7.16. The first-order valence-electron chi connectivity index (χ1n) is 18.5. The van der Waals surface area contributed by atoms with Gasteiger partial charge in [-0.3, -0.25) is 0 Å². The minimum Gasteiger partial charge on any atom is -0.456 e. The van der Waals surface area contributed by atoms with Crippen LogP contribution in [0.2, 0.25) is 0 Å². The molecule has 10 aromatic carbocycles. The van der Waals surface area contributed by atoms with Gasteiger partial charge in [0.2, 0.25) is 0 Å². The summed E-state index contributed by atoms with van der Waals surface area (Å²) in [6.07, 6.45) is 0. The van der Waals surface area contributed by atoms with Gasteiger partial charge in [-0.25, -0.2) is 0 Å². The first kappa shape index (κ1) is 29.4. The van der Waals surface area contributed by atoms with Crippen molar-refractivity contribution in [2.45, 2.75) is 0 Å². The van der Waals surface area contributed by atoms with Crippen LogP contribution in [0.25, 0.3) is 120 Å². The van der Waals surface area contributed by atoms with E-state index in [1.165, 1.54) is 71.1 Å². The van der Waals surface area contributed by atoms with E-state index >= 15 is 0 Å². The summed E-state index contributed by atoms with van der Waals surface area (Å²) in [5.74, 6) is 0. The van der Waals surface area contributed by atoms with Crippen LogP contribution in [-0.2, 0) is 0 Å². The lowest BCUT2D eigenvalue weighted by Crippen LogP contribution is -1.91. The van der Waals surface area contributed by atoms with Gasteiger partial charge in [-0.05, 0) is 125 Å². The summed E-state index contributed by atoms with van der Waals surface area (Å²) >= 11 is 0. The number of rotatable bonds is 3. The third-order valence-electron chi connectivity index (χ3n) is 11.4. The van der Waals surface area contributed by atoms with Gasteiger partial charge in [-0.1, -0.05) is 133 Å². The van der Waals surface area contributed by atoms with Crippen LogP contribution in [0.5, 0.6) is 0 Å². The molecule has 0 spiro atoms. The van der Waals surface area contributed by atoms with Crippen molar-refractivity contribution in [3.8, 4) is 33.4 Å². The van der Waals surface area contributed by atoms with E-state index in [0.29, 0.717) is 0 Å². The van der Waals surface area contributed by atoms with E-state index in [1.54, 1.807) is 0 Å². The number of fused-ring (bicyclic) bond motifs is 11. The Bertz CT molecular complexity index is 3430. The minimum absolute atomic E-state index is 0.879. The van der Waals surface area contributed by atoms with E-state index in [9.17, 15) is 0 Å². The molecule has 250 valence electrons. The van der Waals surface area contributed by atoms with Gasteiger partial charge in [0.15, 0.2) is 0 Å². The van der Waals surface area contributed by atoms with Gasteiger partial charge in [0.05, 0.1) is 0 Å². The summed E-state index contributed by atoms with van der Waals surface area (Å²) in [6, 6.07) is 65.8. The monoisotopic (exact) mass is 686 g/mol. The van der Waals surface area contributed by atoms with Crippen molar-refractivity contribution >= 4 is 87.0 Å². The maximum atomic E-state index is 6.58. The zero-order valence-corrected chi connectivity index (χ0v) is 29.1. The van der Waals surface area contributed by atoms with Crippen LogP contribution in [0, 0.1) is 0 Å². The van der Waals surface area contributed by atoms with Crippen LogP contribution in [-0.4, -0.2) is 0 Å². The van der Waals surface area contributed by atoms with Crippen LogP contribution < -0.4 is 0 Å². The predicted octanol–water partition coefficient (Wildman–Crippen LogP) is 15.1. The zero-order chi connectivity index (χ0) is 35.3. The number of benzene rings is 10. The van der Waals surface area contributed by atoms with Crippen molar-refractivity contribution in [3.63, 3.8) is 0 Å². The second kappa shape index (κ2) is 11.2. The van der Waals surface area contributed by atoms with Gasteiger partial charge in [0.1, 0.15) is 22.3 Å². The van der Waals surface area contributed by atoms with Crippen molar-refractivity contribution < 1.29 is 8.83 Å². The van der Waals surface area contributed by atoms with Gasteiger partial charge in [-0.2, -0.15) is 0 Å². The number of hydrogen-bond acceptors (Lipinski definition) is 2. The third-order valence-corrected chi connectivity index (χ3v) is 11.4. The molecule has 54 heavy (non-hydrogen) atoms. The van der Waals surface area contributed by atoms with E-state index in [4.69, 9.17) is 8.83 Å². The lowest BCUT2D eigenvalue weighted by molar-refractivity contribution is 0.669. The second-order valence-electron chi connectivity index (χ2n) is 14.4. The molecule has 0 N–H and O–H groups in total. The van der Waals surface area contributed by atoms with Crippen molar-refractivity contribution in [1.29, 1.82) is 0 Å². The van der Waals surface area contributed by atoms with Gasteiger partial charge in [0, 0.05) is 21.5 Å². The highest BCUT2D eigenvalue weighted by atomic mass is 16.3. The number of furan rings is 2. The van der Waals surface area contributed by atoms with Crippen LogP contribution in [0.4, 0.5) is 0 Å². The van der Waals surface area contributed by atoms with E-state index in [-0.39, 0.29) is 0 Å². The Kier molecular flexibility index (Phi) is 6.09. The molecule has 12 aromatic rings. The standard InChI is InChI=1S/C52H30O2/c1-2-10-31(11-3-1)32-18-19-34-27-36(21-20-33(34)26-32)50-38-12-4-6-14-40(38)51(41-15-7-5-13-39(41)50)37-23-24-47-44(29-37)45-28-35-22-25-48-52(43(35)30-49(45)54-47)42-16-8-9-17-46(42)53-48/h1-30H. The molecule has 0 amide bonds. The van der Waals surface area contributed by atoms with Crippen molar-refractivity contribution in [1.82, 2.24) is 0 Å². The molecular formula is C52H30O2. The Morgan fingerprint density at radius 3 is 1.46 bits per heavy atom. The SMILES string of the molecule is c1ccc(-c2ccc3cc(-c4c5ccccc5c(-c5ccc6oc7cc8c(ccc9oc%10ccccc%10c98)cc7c6c5)c5ccccc45)ccc3c2)cc1. The Balaban J connectivity index is 1.06. The molecular weight excluding hydrogens is 657 g/mol. The third kappa shape index (κ3) is 4.28. The molecule has 2 aromatic heterocycles. The molecule has 2 heteroatoms. The molecule has 0 aliphatic heterocycles. The quantitative estimate of drug-likeness (QED) is 0.173. The fourth-order valence-electron chi connectivity index (χ4n) is 8.94. The van der Waals surface area contributed by atoms with E-state index in [2.05, 4.69) is 170 Å². The zero-order valence-electron chi connectivity index (χ0n) is 29.1. The Morgan fingerprint density at radius 1 is 0.241 bits per heavy atom. The Labute approximate surface area is 310 Å². The molecule has 2 heterocycles. The van der Waals surface area contributed by atoms with Gasteiger partial charge < -0.3 is 8.83 Å². The second-order valence-corrected chi connectivity index (χ2v) is 14.4. The molecule has 0 unspecified atom stereocenters. The molecule has 0 aliphatic carbocycles. The van der Waals surface area contributed by atoms with Crippen LogP contribution in [0.1, 0.15) is 0 Å². The summed E-state index contributed by atoms with van der Waals surface area (Å²) in [5.41, 5.74) is 10.9. The summed E-state index contributed by atoms with van der Waals surface area (Å²) in [4.78, 5) is 0. The van der Waals surface area contributed by atoms with Gasteiger partial charge in [0.25, 0.3) is 0 Å². The molecule has 0 saturated carbocycles. The van der Waals surface area contributed by atoms with Crippen molar-refractivity contribution in [2.24, 2.45) is 0 Å². The van der Waals surface area contributed by atoms with E-state index in [0.717, 1.165) is 49.3 Å². The van der Waals surface area contributed by atoms with Crippen LogP contribution in [0.15, 0.2) is 191 Å². The van der Waals surface area contributed by atoms with Gasteiger partial charge in [-0.15, -0.1) is 0 Å². The Morgan fingerprint density at radius 2 is 0.741 bits per heavy atom. The number of para-hydroxylation sites is 1. The highest BCUT2D eigenvalue weighted by molar-refractivity contribution is 6.24. The maximum Gasteiger partial charge on any atom is 0.136 e. The molecule has 0 saturated heterocycles. The molecule has 0 atom stereocenters. The summed E-state index contributed by atoms with van der Waals surface area (Å²) in [5, 5.41) is 14.2.